The lowest BCUT2D eigenvalue weighted by Gasteiger charge is -2.15. The van der Waals surface area contributed by atoms with Crippen LogP contribution in [0.25, 0.3) is 0 Å². The normalized spacial score (nSPS) is 11.2. The zero-order valence-electron chi connectivity index (χ0n) is 17.6. The van der Waals surface area contributed by atoms with Crippen LogP contribution in [0.5, 0.6) is 11.5 Å². The molecule has 0 N–H and O–H groups in total. The number of nitrogens with zero attached hydrogens (tertiary/aromatic N) is 4. The van der Waals surface area contributed by atoms with Gasteiger partial charge in [0.05, 0.1) is 25.6 Å². The molecule has 0 bridgehead atoms. The van der Waals surface area contributed by atoms with E-state index in [0.717, 1.165) is 34.0 Å². The molecule has 0 atom stereocenters. The second-order valence-corrected chi connectivity index (χ2v) is 6.59. The minimum absolute atomic E-state index is 0.594. The molecule has 0 aliphatic heterocycles. The van der Waals surface area contributed by atoms with Crippen LogP contribution in [0.3, 0.4) is 0 Å². The van der Waals surface area contributed by atoms with Crippen molar-refractivity contribution in [3.63, 3.8) is 0 Å². The summed E-state index contributed by atoms with van der Waals surface area (Å²) in [7, 11) is 8.00. The van der Waals surface area contributed by atoms with Crippen LogP contribution >= 0.6 is 0 Å². The van der Waals surface area contributed by atoms with E-state index in [2.05, 4.69) is 10.2 Å². The number of anilines is 2. The first-order chi connectivity index (χ1) is 13.5. The molecule has 0 radical (unpaired) electrons. The van der Waals surface area contributed by atoms with Gasteiger partial charge in [0.1, 0.15) is 11.5 Å². The van der Waals surface area contributed by atoms with Crippen molar-refractivity contribution in [1.82, 2.24) is 0 Å². The lowest BCUT2D eigenvalue weighted by atomic mass is 10.2. The maximum atomic E-state index is 5.74. The highest BCUT2D eigenvalue weighted by molar-refractivity contribution is 5.87. The standard InChI is InChI=1S/C22H30N4O2/c1-7-27-21-13-19(25(3)4)11-9-17(21)15-23-24-16-18-10-12-20(26(5)6)14-22(18)28-8-2/h9-16H,7-8H2,1-6H3. The minimum Gasteiger partial charge on any atom is -0.493 e. The van der Waals surface area contributed by atoms with Crippen LogP contribution in [0.2, 0.25) is 0 Å². The summed E-state index contributed by atoms with van der Waals surface area (Å²) in [5, 5.41) is 8.40. The van der Waals surface area contributed by atoms with Crippen LogP contribution in [0.1, 0.15) is 25.0 Å². The van der Waals surface area contributed by atoms with E-state index in [1.165, 1.54) is 0 Å². The fraction of sp³-hybridized carbons (Fsp3) is 0.364. The summed E-state index contributed by atoms with van der Waals surface area (Å²) >= 11 is 0. The zero-order chi connectivity index (χ0) is 20.5. The lowest BCUT2D eigenvalue weighted by Crippen LogP contribution is -2.09. The molecular weight excluding hydrogens is 352 g/mol. The summed E-state index contributed by atoms with van der Waals surface area (Å²) in [6.45, 7) is 5.12. The van der Waals surface area contributed by atoms with Crippen LogP contribution in [0, 0.1) is 0 Å². The highest BCUT2D eigenvalue weighted by Gasteiger charge is 2.06. The number of ether oxygens (including phenoxy) is 2. The highest BCUT2D eigenvalue weighted by atomic mass is 16.5. The monoisotopic (exact) mass is 382 g/mol. The molecule has 6 heteroatoms. The average molecular weight is 383 g/mol. The first kappa shape index (κ1) is 21.3. The van der Waals surface area contributed by atoms with Gasteiger partial charge in [-0.1, -0.05) is 0 Å². The molecule has 2 aromatic rings. The third-order valence-corrected chi connectivity index (χ3v) is 4.09. The molecule has 0 saturated carbocycles. The Morgan fingerprint density at radius 2 is 1.11 bits per heavy atom. The van der Waals surface area contributed by atoms with Crippen LogP contribution in [0.4, 0.5) is 11.4 Å². The predicted octanol–water partition coefficient (Wildman–Crippen LogP) is 4.07. The van der Waals surface area contributed by atoms with E-state index < -0.39 is 0 Å². The molecule has 0 heterocycles. The molecule has 0 amide bonds. The van der Waals surface area contributed by atoms with Crippen molar-refractivity contribution in [3.8, 4) is 11.5 Å². The SMILES string of the molecule is CCOc1cc(N(C)C)ccc1C=NN=Cc1ccc(N(C)C)cc1OCC. The van der Waals surface area contributed by atoms with Crippen LogP contribution in [-0.2, 0) is 0 Å². The van der Waals surface area contributed by atoms with Gasteiger partial charge in [-0.05, 0) is 38.1 Å². The van der Waals surface area contributed by atoms with Gasteiger partial charge in [0.2, 0.25) is 0 Å². The summed E-state index contributed by atoms with van der Waals surface area (Å²) < 4.78 is 11.5. The van der Waals surface area contributed by atoms with Crippen molar-refractivity contribution >= 4 is 23.8 Å². The molecule has 0 aromatic heterocycles. The van der Waals surface area contributed by atoms with Crippen molar-refractivity contribution in [3.05, 3.63) is 47.5 Å². The van der Waals surface area contributed by atoms with E-state index >= 15 is 0 Å². The second kappa shape index (κ2) is 10.3. The Bertz CT molecular complexity index is 760. The lowest BCUT2D eigenvalue weighted by molar-refractivity contribution is 0.339. The molecule has 0 aliphatic carbocycles. The molecule has 0 unspecified atom stereocenters. The van der Waals surface area contributed by atoms with E-state index in [1.54, 1.807) is 12.4 Å². The summed E-state index contributed by atoms with van der Waals surface area (Å²) in [5.74, 6) is 1.58. The molecule has 28 heavy (non-hydrogen) atoms. The van der Waals surface area contributed by atoms with Crippen molar-refractivity contribution in [2.75, 3.05) is 51.2 Å². The molecule has 6 nitrogen and oxygen atoms in total. The largest absolute Gasteiger partial charge is 0.493 e. The average Bonchev–Trinajstić information content (AvgIpc) is 2.67. The Morgan fingerprint density at radius 1 is 0.714 bits per heavy atom. The third-order valence-electron chi connectivity index (χ3n) is 4.09. The summed E-state index contributed by atoms with van der Waals surface area (Å²) in [4.78, 5) is 4.07. The Morgan fingerprint density at radius 3 is 1.43 bits per heavy atom. The molecule has 150 valence electrons. The fourth-order valence-electron chi connectivity index (χ4n) is 2.57. The summed E-state index contributed by atoms with van der Waals surface area (Å²) in [6.07, 6.45) is 3.41. The number of benzene rings is 2. The summed E-state index contributed by atoms with van der Waals surface area (Å²) in [5.41, 5.74) is 3.92. The van der Waals surface area contributed by atoms with Gasteiger partial charge >= 0.3 is 0 Å². The Kier molecular flexibility index (Phi) is 7.87. The van der Waals surface area contributed by atoms with Crippen LogP contribution in [0.15, 0.2) is 46.6 Å². The van der Waals surface area contributed by atoms with Crippen LogP contribution in [-0.4, -0.2) is 53.8 Å². The molecule has 2 rings (SSSR count). The number of hydrogen-bond donors (Lipinski definition) is 0. The smallest absolute Gasteiger partial charge is 0.130 e. The van der Waals surface area contributed by atoms with E-state index in [4.69, 9.17) is 9.47 Å². The maximum Gasteiger partial charge on any atom is 0.130 e. The van der Waals surface area contributed by atoms with Gasteiger partial charge in [-0.2, -0.15) is 10.2 Å². The van der Waals surface area contributed by atoms with Gasteiger partial charge in [0.15, 0.2) is 0 Å². The summed E-state index contributed by atoms with van der Waals surface area (Å²) in [6, 6.07) is 12.0. The third kappa shape index (κ3) is 5.74. The Balaban J connectivity index is 2.21. The van der Waals surface area contributed by atoms with Crippen molar-refractivity contribution < 1.29 is 9.47 Å². The molecule has 0 saturated heterocycles. The quantitative estimate of drug-likeness (QED) is 0.485. The van der Waals surface area contributed by atoms with Crippen molar-refractivity contribution in [2.24, 2.45) is 10.2 Å². The topological polar surface area (TPSA) is 49.7 Å². The molecular formula is C22H30N4O2. The highest BCUT2D eigenvalue weighted by Crippen LogP contribution is 2.25. The van der Waals surface area contributed by atoms with E-state index in [-0.39, 0.29) is 0 Å². The van der Waals surface area contributed by atoms with E-state index in [9.17, 15) is 0 Å². The Hall–Kier alpha value is -3.02. The minimum atomic E-state index is 0.594. The Labute approximate surface area is 168 Å². The second-order valence-electron chi connectivity index (χ2n) is 6.59. The molecule has 0 aliphatic rings. The molecule has 0 spiro atoms. The van der Waals surface area contributed by atoms with Gasteiger partial charge < -0.3 is 19.3 Å². The van der Waals surface area contributed by atoms with E-state index in [0.29, 0.717) is 13.2 Å². The number of hydrogen-bond acceptors (Lipinski definition) is 6. The van der Waals surface area contributed by atoms with E-state index in [1.807, 2.05) is 88.2 Å². The maximum absolute atomic E-state index is 5.74. The zero-order valence-corrected chi connectivity index (χ0v) is 17.6. The van der Waals surface area contributed by atoms with Crippen molar-refractivity contribution in [1.29, 1.82) is 0 Å². The van der Waals surface area contributed by atoms with Gasteiger partial charge in [-0.25, -0.2) is 0 Å². The van der Waals surface area contributed by atoms with Gasteiger partial charge in [-0.3, -0.25) is 0 Å². The van der Waals surface area contributed by atoms with Crippen molar-refractivity contribution in [2.45, 2.75) is 13.8 Å². The van der Waals surface area contributed by atoms with Gasteiger partial charge in [-0.15, -0.1) is 0 Å². The fourth-order valence-corrected chi connectivity index (χ4v) is 2.57. The first-order valence-corrected chi connectivity index (χ1v) is 9.41. The predicted molar refractivity (Wildman–Crippen MR) is 119 cm³/mol. The molecule has 0 fully saturated rings. The van der Waals surface area contributed by atoms with Gasteiger partial charge in [0, 0.05) is 62.8 Å². The number of rotatable bonds is 9. The van der Waals surface area contributed by atoms with Gasteiger partial charge in [0.25, 0.3) is 0 Å². The van der Waals surface area contributed by atoms with Crippen LogP contribution < -0.4 is 19.3 Å². The first-order valence-electron chi connectivity index (χ1n) is 9.41. The molecule has 2 aromatic carbocycles.